The zero-order valence-corrected chi connectivity index (χ0v) is 15.5. The number of carbonyl (C=O) groups is 2. The van der Waals surface area contributed by atoms with Crippen LogP contribution in [-0.4, -0.2) is 38.5 Å². The number of rotatable bonds is 3. The molecule has 3 N–H and O–H groups in total. The van der Waals surface area contributed by atoms with Gasteiger partial charge in [0.2, 0.25) is 5.13 Å². The fourth-order valence-corrected chi connectivity index (χ4v) is 2.20. The number of alkyl halides is 3. The number of carboxylic acids is 1. The van der Waals surface area contributed by atoms with E-state index >= 15 is 0 Å². The average molecular weight is 405 g/mol. The number of carboxylic acid groups (broad SMARTS) is 1. The number of aromatic nitrogens is 3. The molecule has 0 radical (unpaired) electrons. The van der Waals surface area contributed by atoms with E-state index in [9.17, 15) is 18.0 Å². The van der Waals surface area contributed by atoms with E-state index in [0.29, 0.717) is 11.7 Å². The van der Waals surface area contributed by atoms with Crippen molar-refractivity contribution in [3.8, 4) is 0 Å². The van der Waals surface area contributed by atoms with E-state index in [-0.39, 0.29) is 11.4 Å². The zero-order chi connectivity index (χ0) is 20.7. The Morgan fingerprint density at radius 3 is 2.15 bits per heavy atom. The van der Waals surface area contributed by atoms with Crippen LogP contribution in [0.3, 0.4) is 0 Å². The van der Waals surface area contributed by atoms with Gasteiger partial charge >= 0.3 is 18.2 Å². The normalized spacial score (nSPS) is 11.2. The summed E-state index contributed by atoms with van der Waals surface area (Å²) >= 11 is 1.39. The highest BCUT2D eigenvalue weighted by Crippen LogP contribution is 2.27. The van der Waals surface area contributed by atoms with E-state index in [2.05, 4.69) is 46.6 Å². The molecule has 2 aromatic heterocycles. The predicted molar refractivity (Wildman–Crippen MR) is 92.4 cm³/mol. The van der Waals surface area contributed by atoms with E-state index in [1.54, 1.807) is 12.4 Å². The highest BCUT2D eigenvalue weighted by atomic mass is 32.1. The van der Waals surface area contributed by atoms with Crippen molar-refractivity contribution in [1.82, 2.24) is 20.5 Å². The molecule has 0 aliphatic rings. The smallest absolute Gasteiger partial charge is 0.475 e. The van der Waals surface area contributed by atoms with Gasteiger partial charge in [0.15, 0.2) is 0 Å². The van der Waals surface area contributed by atoms with Gasteiger partial charge in [-0.15, -0.1) is 10.2 Å². The maximum Gasteiger partial charge on any atom is 0.490 e. The van der Waals surface area contributed by atoms with Gasteiger partial charge in [0.05, 0.1) is 0 Å². The Kier molecular flexibility index (Phi) is 7.64. The Morgan fingerprint density at radius 1 is 1.15 bits per heavy atom. The Hall–Kier alpha value is -2.76. The fraction of sp³-hybridized carbons (Fsp3) is 0.400. The second-order valence-electron chi connectivity index (χ2n) is 6.13. The minimum absolute atomic E-state index is 0.0644. The first-order valence-corrected chi connectivity index (χ1v) is 8.29. The third-order valence-corrected chi connectivity index (χ3v) is 4.00. The van der Waals surface area contributed by atoms with Gasteiger partial charge in [-0.3, -0.25) is 10.3 Å². The first kappa shape index (κ1) is 22.3. The average Bonchev–Trinajstić information content (AvgIpc) is 3.02. The molecule has 148 valence electrons. The molecular formula is C15H18F3N5O3S. The van der Waals surface area contributed by atoms with E-state index in [1.165, 1.54) is 11.3 Å². The summed E-state index contributed by atoms with van der Waals surface area (Å²) in [6.07, 6.45) is -1.70. The van der Waals surface area contributed by atoms with Crippen molar-refractivity contribution in [2.75, 3.05) is 5.32 Å². The molecule has 2 heterocycles. The van der Waals surface area contributed by atoms with Crippen molar-refractivity contribution < 1.29 is 27.9 Å². The highest BCUT2D eigenvalue weighted by molar-refractivity contribution is 7.15. The van der Waals surface area contributed by atoms with Crippen molar-refractivity contribution in [2.45, 2.75) is 38.9 Å². The Morgan fingerprint density at radius 2 is 1.70 bits per heavy atom. The first-order valence-electron chi connectivity index (χ1n) is 7.47. The molecule has 2 aromatic rings. The maximum atomic E-state index is 11.7. The number of nitrogens with zero attached hydrogens (tertiary/aromatic N) is 3. The highest BCUT2D eigenvalue weighted by Gasteiger charge is 2.38. The molecule has 0 spiro atoms. The fourth-order valence-electron chi connectivity index (χ4n) is 1.40. The van der Waals surface area contributed by atoms with Gasteiger partial charge in [-0.05, 0) is 17.7 Å². The summed E-state index contributed by atoms with van der Waals surface area (Å²) in [6.45, 7) is 6.61. The van der Waals surface area contributed by atoms with Crippen molar-refractivity contribution >= 4 is 28.5 Å². The number of nitrogens with one attached hydrogen (secondary N) is 2. The molecule has 0 saturated heterocycles. The third-order valence-electron chi connectivity index (χ3n) is 2.73. The SMILES string of the molecule is CC(C)(C)c1nnc(NC(=O)NCc2ccncc2)s1.O=C(O)C(F)(F)F. The molecule has 8 nitrogen and oxygen atoms in total. The molecule has 0 atom stereocenters. The van der Waals surface area contributed by atoms with Crippen LogP contribution >= 0.6 is 11.3 Å². The molecule has 0 unspecified atom stereocenters. The van der Waals surface area contributed by atoms with Crippen LogP contribution in [0.2, 0.25) is 0 Å². The van der Waals surface area contributed by atoms with Crippen LogP contribution in [0.15, 0.2) is 24.5 Å². The quantitative estimate of drug-likeness (QED) is 0.722. The molecule has 0 fully saturated rings. The number of hydrogen-bond donors (Lipinski definition) is 3. The van der Waals surface area contributed by atoms with Gasteiger partial charge in [0.25, 0.3) is 0 Å². The van der Waals surface area contributed by atoms with E-state index < -0.39 is 12.1 Å². The minimum Gasteiger partial charge on any atom is -0.475 e. The summed E-state index contributed by atoms with van der Waals surface area (Å²) in [5.41, 5.74) is 0.924. The lowest BCUT2D eigenvalue weighted by Crippen LogP contribution is -2.28. The number of anilines is 1. The van der Waals surface area contributed by atoms with Gasteiger partial charge in [-0.2, -0.15) is 13.2 Å². The van der Waals surface area contributed by atoms with Gasteiger partial charge in [0.1, 0.15) is 5.01 Å². The van der Waals surface area contributed by atoms with E-state index in [0.717, 1.165) is 10.6 Å². The number of aliphatic carboxylic acids is 1. The summed E-state index contributed by atoms with van der Waals surface area (Å²) in [5.74, 6) is -2.76. The lowest BCUT2D eigenvalue weighted by Gasteiger charge is -2.12. The molecule has 0 aliphatic carbocycles. The number of hydrogen-bond acceptors (Lipinski definition) is 6. The maximum absolute atomic E-state index is 11.7. The topological polar surface area (TPSA) is 117 Å². The zero-order valence-electron chi connectivity index (χ0n) is 14.7. The number of halogens is 3. The first-order chi connectivity index (χ1) is 12.4. The van der Waals surface area contributed by atoms with Gasteiger partial charge in [-0.25, -0.2) is 9.59 Å². The van der Waals surface area contributed by atoms with E-state index in [4.69, 9.17) is 9.90 Å². The minimum atomic E-state index is -5.08. The molecular weight excluding hydrogens is 387 g/mol. The largest absolute Gasteiger partial charge is 0.490 e. The molecule has 2 amide bonds. The molecule has 0 saturated carbocycles. The van der Waals surface area contributed by atoms with Crippen LogP contribution < -0.4 is 10.6 Å². The Bertz CT molecular complexity index is 760. The molecule has 12 heteroatoms. The molecule has 27 heavy (non-hydrogen) atoms. The number of carbonyl (C=O) groups excluding carboxylic acids is 1. The predicted octanol–water partition coefficient (Wildman–Crippen LogP) is 3.19. The number of amides is 2. The lowest BCUT2D eigenvalue weighted by atomic mass is 9.98. The summed E-state index contributed by atoms with van der Waals surface area (Å²) in [6, 6.07) is 3.41. The third kappa shape index (κ3) is 8.44. The number of urea groups is 1. The Balaban J connectivity index is 0.000000445. The second kappa shape index (κ2) is 9.26. The van der Waals surface area contributed by atoms with Crippen molar-refractivity contribution in [3.63, 3.8) is 0 Å². The van der Waals surface area contributed by atoms with Crippen LogP contribution in [0.1, 0.15) is 31.3 Å². The summed E-state index contributed by atoms with van der Waals surface area (Å²) < 4.78 is 31.7. The Labute approximate surface area is 156 Å². The van der Waals surface area contributed by atoms with E-state index in [1.807, 2.05) is 12.1 Å². The standard InChI is InChI=1S/C13H17N5OS.C2HF3O2/c1-13(2,3)10-17-18-12(20-10)16-11(19)15-8-9-4-6-14-7-5-9;3-2(4,5)1(6)7/h4-7H,8H2,1-3H3,(H2,15,16,18,19);(H,6,7). The number of pyridine rings is 1. The van der Waals surface area contributed by atoms with Crippen LogP contribution in [0, 0.1) is 0 Å². The lowest BCUT2D eigenvalue weighted by molar-refractivity contribution is -0.192. The van der Waals surface area contributed by atoms with Crippen LogP contribution in [0.4, 0.5) is 23.1 Å². The summed E-state index contributed by atoms with van der Waals surface area (Å²) in [7, 11) is 0. The summed E-state index contributed by atoms with van der Waals surface area (Å²) in [5, 5.41) is 22.0. The molecule has 0 bridgehead atoms. The van der Waals surface area contributed by atoms with Gasteiger partial charge in [-0.1, -0.05) is 32.1 Å². The molecule has 0 aliphatic heterocycles. The van der Waals surface area contributed by atoms with Gasteiger partial charge < -0.3 is 10.4 Å². The molecule has 2 rings (SSSR count). The van der Waals surface area contributed by atoms with Gasteiger partial charge in [0, 0.05) is 24.4 Å². The van der Waals surface area contributed by atoms with Crippen LogP contribution in [0.5, 0.6) is 0 Å². The monoisotopic (exact) mass is 405 g/mol. The van der Waals surface area contributed by atoms with Crippen molar-refractivity contribution in [3.05, 3.63) is 35.1 Å². The van der Waals surface area contributed by atoms with Crippen LogP contribution in [0.25, 0.3) is 0 Å². The summed E-state index contributed by atoms with van der Waals surface area (Å²) in [4.78, 5) is 24.6. The van der Waals surface area contributed by atoms with Crippen molar-refractivity contribution in [1.29, 1.82) is 0 Å². The second-order valence-corrected chi connectivity index (χ2v) is 7.11. The molecule has 0 aromatic carbocycles. The van der Waals surface area contributed by atoms with Crippen molar-refractivity contribution in [2.24, 2.45) is 0 Å². The van der Waals surface area contributed by atoms with Crippen LogP contribution in [-0.2, 0) is 16.8 Å².